The number of benzene rings is 1. The Labute approximate surface area is 137 Å². The Balaban J connectivity index is 2.90. The zero-order valence-corrected chi connectivity index (χ0v) is 14.9. The highest BCUT2D eigenvalue weighted by Crippen LogP contribution is 2.24. The number of carbonyl (C=O) groups is 1. The molecule has 1 rings (SSSR count). The van der Waals surface area contributed by atoms with Crippen LogP contribution >= 0.6 is 0 Å². The van der Waals surface area contributed by atoms with Crippen LogP contribution in [0.5, 0.6) is 5.75 Å². The number of methoxy groups -OCH3 is 2. The number of rotatable bonds is 8. The van der Waals surface area contributed by atoms with E-state index in [0.29, 0.717) is 6.61 Å². The molecule has 0 aromatic heterocycles. The molecule has 0 unspecified atom stereocenters. The molecule has 0 heterocycles. The molecule has 0 saturated carbocycles. The molecule has 2 N–H and O–H groups in total. The van der Waals surface area contributed by atoms with E-state index in [1.807, 2.05) is 0 Å². The topological polar surface area (TPSA) is 93.7 Å². The molecular formula is C15H24N2O5S. The van der Waals surface area contributed by atoms with E-state index >= 15 is 0 Å². The molecule has 1 aromatic rings. The summed E-state index contributed by atoms with van der Waals surface area (Å²) in [6.07, 6.45) is 0. The number of ether oxygens (including phenoxy) is 2. The second-order valence-electron chi connectivity index (χ2n) is 5.36. The SMILES string of the molecule is COC[C@@H](C)NC(=O)[C@@H](C)NS(=O)(=O)c1cc(C)ccc1OC. The molecule has 0 spiro atoms. The number of carbonyl (C=O) groups excluding carboxylic acids is 1. The average molecular weight is 344 g/mol. The van der Waals surface area contributed by atoms with Crippen molar-refractivity contribution in [3.05, 3.63) is 23.8 Å². The van der Waals surface area contributed by atoms with Crippen molar-refractivity contribution in [1.29, 1.82) is 0 Å². The summed E-state index contributed by atoms with van der Waals surface area (Å²) in [5.74, 6) is -0.201. The number of nitrogens with one attached hydrogen (secondary N) is 2. The van der Waals surface area contributed by atoms with Crippen LogP contribution in [-0.2, 0) is 19.6 Å². The maximum atomic E-state index is 12.5. The van der Waals surface area contributed by atoms with Gasteiger partial charge < -0.3 is 14.8 Å². The predicted molar refractivity (Wildman–Crippen MR) is 87.0 cm³/mol. The van der Waals surface area contributed by atoms with Crippen LogP contribution in [-0.4, -0.2) is 47.2 Å². The molecule has 0 radical (unpaired) electrons. The summed E-state index contributed by atoms with van der Waals surface area (Å²) in [6, 6.07) is 3.69. The predicted octanol–water partition coefficient (Wildman–Crippen LogP) is 0.822. The number of hydrogen-bond acceptors (Lipinski definition) is 5. The highest BCUT2D eigenvalue weighted by Gasteiger charge is 2.25. The van der Waals surface area contributed by atoms with Gasteiger partial charge in [0.05, 0.1) is 19.8 Å². The Morgan fingerprint density at radius 1 is 1.26 bits per heavy atom. The highest BCUT2D eigenvalue weighted by molar-refractivity contribution is 7.89. The lowest BCUT2D eigenvalue weighted by atomic mass is 10.2. The first-order valence-electron chi connectivity index (χ1n) is 7.17. The van der Waals surface area contributed by atoms with Crippen LogP contribution in [0.3, 0.4) is 0 Å². The fourth-order valence-electron chi connectivity index (χ4n) is 2.00. The molecule has 2 atom stereocenters. The normalized spacial score (nSPS) is 14.1. The van der Waals surface area contributed by atoms with E-state index in [9.17, 15) is 13.2 Å². The second kappa shape index (κ2) is 8.28. The maximum Gasteiger partial charge on any atom is 0.244 e. The third kappa shape index (κ3) is 5.49. The van der Waals surface area contributed by atoms with Gasteiger partial charge in [0.15, 0.2) is 0 Å². The Morgan fingerprint density at radius 3 is 2.48 bits per heavy atom. The van der Waals surface area contributed by atoms with Crippen LogP contribution in [0.15, 0.2) is 23.1 Å². The molecule has 0 aliphatic heterocycles. The molecule has 7 nitrogen and oxygen atoms in total. The van der Waals surface area contributed by atoms with E-state index in [-0.39, 0.29) is 16.7 Å². The van der Waals surface area contributed by atoms with Gasteiger partial charge in [-0.15, -0.1) is 0 Å². The van der Waals surface area contributed by atoms with Gasteiger partial charge in [0.2, 0.25) is 15.9 Å². The van der Waals surface area contributed by atoms with E-state index in [2.05, 4.69) is 10.0 Å². The van der Waals surface area contributed by atoms with Crippen molar-refractivity contribution in [1.82, 2.24) is 10.0 Å². The van der Waals surface area contributed by atoms with Gasteiger partial charge in [0.25, 0.3) is 0 Å². The summed E-state index contributed by atoms with van der Waals surface area (Å²) in [6.45, 7) is 5.37. The molecular weight excluding hydrogens is 320 g/mol. The molecule has 0 aliphatic carbocycles. The third-order valence-electron chi connectivity index (χ3n) is 3.14. The first-order chi connectivity index (χ1) is 10.7. The Hall–Kier alpha value is -1.64. The largest absolute Gasteiger partial charge is 0.495 e. The second-order valence-corrected chi connectivity index (χ2v) is 7.04. The Morgan fingerprint density at radius 2 is 1.91 bits per heavy atom. The van der Waals surface area contributed by atoms with E-state index in [4.69, 9.17) is 9.47 Å². The van der Waals surface area contributed by atoms with Crippen molar-refractivity contribution < 1.29 is 22.7 Å². The quantitative estimate of drug-likeness (QED) is 0.728. The molecule has 0 saturated heterocycles. The average Bonchev–Trinajstić information content (AvgIpc) is 2.46. The molecule has 23 heavy (non-hydrogen) atoms. The third-order valence-corrected chi connectivity index (χ3v) is 4.70. The summed E-state index contributed by atoms with van der Waals surface area (Å²) in [5, 5.41) is 2.67. The first kappa shape index (κ1) is 19.4. The standard InChI is InChI=1S/C15H24N2O5S/c1-10-6-7-13(22-5)14(8-10)23(19,20)17-12(3)15(18)16-11(2)9-21-4/h6-8,11-12,17H,9H2,1-5H3,(H,16,18)/t11-,12-/m1/s1. The fourth-order valence-corrected chi connectivity index (χ4v) is 3.46. The maximum absolute atomic E-state index is 12.5. The molecule has 1 aromatic carbocycles. The minimum Gasteiger partial charge on any atom is -0.495 e. The zero-order chi connectivity index (χ0) is 17.6. The van der Waals surface area contributed by atoms with Crippen LogP contribution in [0.25, 0.3) is 0 Å². The van der Waals surface area contributed by atoms with E-state index in [1.165, 1.54) is 27.2 Å². The van der Waals surface area contributed by atoms with Gasteiger partial charge >= 0.3 is 0 Å². The Bertz CT molecular complexity index is 645. The van der Waals surface area contributed by atoms with Gasteiger partial charge in [-0.05, 0) is 38.5 Å². The smallest absolute Gasteiger partial charge is 0.244 e. The summed E-state index contributed by atoms with van der Waals surface area (Å²) in [7, 11) is -0.963. The molecule has 0 aliphatic rings. The van der Waals surface area contributed by atoms with Crippen LogP contribution in [0.1, 0.15) is 19.4 Å². The van der Waals surface area contributed by atoms with E-state index < -0.39 is 22.0 Å². The minimum atomic E-state index is -3.88. The van der Waals surface area contributed by atoms with Crippen molar-refractivity contribution in [2.45, 2.75) is 37.8 Å². The Kier molecular flexibility index (Phi) is 6.99. The summed E-state index contributed by atoms with van der Waals surface area (Å²) >= 11 is 0. The number of hydrogen-bond donors (Lipinski definition) is 2. The summed E-state index contributed by atoms with van der Waals surface area (Å²) < 4.78 is 37.4. The van der Waals surface area contributed by atoms with Gasteiger partial charge in [0, 0.05) is 13.2 Å². The van der Waals surface area contributed by atoms with Crippen molar-refractivity contribution in [3.63, 3.8) is 0 Å². The number of amides is 1. The molecule has 130 valence electrons. The fraction of sp³-hybridized carbons (Fsp3) is 0.533. The van der Waals surface area contributed by atoms with Crippen LogP contribution in [0, 0.1) is 6.92 Å². The minimum absolute atomic E-state index is 0.00425. The lowest BCUT2D eigenvalue weighted by Gasteiger charge is -2.19. The van der Waals surface area contributed by atoms with Crippen molar-refractivity contribution in [3.8, 4) is 5.75 Å². The number of sulfonamides is 1. The van der Waals surface area contributed by atoms with Gasteiger partial charge in [-0.25, -0.2) is 8.42 Å². The lowest BCUT2D eigenvalue weighted by molar-refractivity contribution is -0.123. The van der Waals surface area contributed by atoms with Crippen LogP contribution < -0.4 is 14.8 Å². The van der Waals surface area contributed by atoms with Crippen LogP contribution in [0.2, 0.25) is 0 Å². The van der Waals surface area contributed by atoms with Crippen molar-refractivity contribution in [2.24, 2.45) is 0 Å². The van der Waals surface area contributed by atoms with E-state index in [0.717, 1.165) is 5.56 Å². The molecule has 0 bridgehead atoms. The first-order valence-corrected chi connectivity index (χ1v) is 8.66. The van der Waals surface area contributed by atoms with Gasteiger partial charge in [-0.1, -0.05) is 6.07 Å². The zero-order valence-electron chi connectivity index (χ0n) is 14.0. The van der Waals surface area contributed by atoms with Gasteiger partial charge in [-0.3, -0.25) is 4.79 Å². The molecule has 8 heteroatoms. The molecule has 1 amide bonds. The monoisotopic (exact) mass is 344 g/mol. The van der Waals surface area contributed by atoms with Crippen molar-refractivity contribution >= 4 is 15.9 Å². The lowest BCUT2D eigenvalue weighted by Crippen LogP contribution is -2.48. The highest BCUT2D eigenvalue weighted by atomic mass is 32.2. The molecule has 0 fully saturated rings. The van der Waals surface area contributed by atoms with E-state index in [1.54, 1.807) is 26.0 Å². The van der Waals surface area contributed by atoms with Crippen LogP contribution in [0.4, 0.5) is 0 Å². The number of aryl methyl sites for hydroxylation is 1. The van der Waals surface area contributed by atoms with Crippen molar-refractivity contribution in [2.75, 3.05) is 20.8 Å². The van der Waals surface area contributed by atoms with Gasteiger partial charge in [0.1, 0.15) is 10.6 Å². The summed E-state index contributed by atoms with van der Waals surface area (Å²) in [4.78, 5) is 12.0. The van der Waals surface area contributed by atoms with Gasteiger partial charge in [-0.2, -0.15) is 4.72 Å². The summed E-state index contributed by atoms with van der Waals surface area (Å²) in [5.41, 5.74) is 0.775.